The normalized spacial score (nSPS) is 9.64. The van der Waals surface area contributed by atoms with Gasteiger partial charge in [0, 0.05) is 12.7 Å². The minimum atomic E-state index is 0.673. The first kappa shape index (κ1) is 8.34. The molecule has 0 radical (unpaired) electrons. The average Bonchev–Trinajstić information content (AvgIpc) is 2.04. The van der Waals surface area contributed by atoms with E-state index in [1.54, 1.807) is 6.20 Å². The van der Waals surface area contributed by atoms with Crippen LogP contribution < -0.4 is 5.32 Å². The fourth-order valence-electron chi connectivity index (χ4n) is 0.733. The summed E-state index contributed by atoms with van der Waals surface area (Å²) in [5.74, 6) is 0.885. The van der Waals surface area contributed by atoms with Crippen LogP contribution in [-0.2, 0) is 0 Å². The van der Waals surface area contributed by atoms with Crippen LogP contribution in [0, 0.1) is 0 Å². The van der Waals surface area contributed by atoms with Gasteiger partial charge in [-0.3, -0.25) is 0 Å². The minimum Gasteiger partial charge on any atom is -0.370 e. The number of hydrogen-bond donors (Lipinski definition) is 1. The Balaban J connectivity index is 2.52. The molecule has 11 heavy (non-hydrogen) atoms. The summed E-state index contributed by atoms with van der Waals surface area (Å²) >= 11 is 5.66. The van der Waals surface area contributed by atoms with Gasteiger partial charge in [-0.2, -0.15) is 0 Å². The highest BCUT2D eigenvalue weighted by atomic mass is 35.5. The Kier molecular flexibility index (Phi) is 3.17. The summed E-state index contributed by atoms with van der Waals surface area (Å²) in [7, 11) is 0. The van der Waals surface area contributed by atoms with Crippen LogP contribution >= 0.6 is 11.6 Å². The molecule has 0 aromatic carbocycles. The second-order valence-corrected chi connectivity index (χ2v) is 2.72. The predicted octanol–water partition coefficient (Wildman–Crippen LogP) is 2.56. The number of anilines is 1. The van der Waals surface area contributed by atoms with Crippen LogP contribution in [0.5, 0.6) is 0 Å². The molecule has 1 aromatic heterocycles. The van der Waals surface area contributed by atoms with Crippen LogP contribution in [0.1, 0.15) is 13.3 Å². The maximum atomic E-state index is 5.66. The lowest BCUT2D eigenvalue weighted by molar-refractivity contribution is 0.969. The molecule has 0 spiro atoms. The van der Waals surface area contributed by atoms with Gasteiger partial charge in [0.05, 0.1) is 5.02 Å². The second kappa shape index (κ2) is 4.19. The fourth-order valence-corrected chi connectivity index (χ4v) is 0.845. The molecule has 1 N–H and O–H groups in total. The number of nitrogens with zero attached hydrogens (tertiary/aromatic N) is 1. The van der Waals surface area contributed by atoms with Crippen molar-refractivity contribution in [1.29, 1.82) is 0 Å². The highest BCUT2D eigenvalue weighted by Crippen LogP contribution is 2.08. The van der Waals surface area contributed by atoms with E-state index in [0.29, 0.717) is 5.02 Å². The molecule has 0 amide bonds. The topological polar surface area (TPSA) is 24.9 Å². The molecule has 0 saturated carbocycles. The van der Waals surface area contributed by atoms with Gasteiger partial charge in [-0.15, -0.1) is 0 Å². The van der Waals surface area contributed by atoms with Crippen molar-refractivity contribution in [3.05, 3.63) is 23.4 Å². The fraction of sp³-hybridized carbons (Fsp3) is 0.375. The summed E-state index contributed by atoms with van der Waals surface area (Å²) in [6.07, 6.45) is 2.74. The number of nitrogens with one attached hydrogen (secondary N) is 1. The average molecular weight is 171 g/mol. The van der Waals surface area contributed by atoms with Gasteiger partial charge in [-0.1, -0.05) is 18.5 Å². The molecule has 60 valence electrons. The van der Waals surface area contributed by atoms with E-state index in [9.17, 15) is 0 Å². The highest BCUT2D eigenvalue weighted by Gasteiger charge is 1.90. The predicted molar refractivity (Wildman–Crippen MR) is 48.0 cm³/mol. The molecule has 0 atom stereocenters. The molecule has 0 bridgehead atoms. The van der Waals surface area contributed by atoms with Crippen molar-refractivity contribution in [3.63, 3.8) is 0 Å². The Bertz CT molecular complexity index is 208. The molecule has 3 heteroatoms. The van der Waals surface area contributed by atoms with Crippen molar-refractivity contribution in [1.82, 2.24) is 4.98 Å². The zero-order chi connectivity index (χ0) is 8.10. The van der Waals surface area contributed by atoms with Crippen molar-refractivity contribution in [2.75, 3.05) is 11.9 Å². The van der Waals surface area contributed by atoms with E-state index in [2.05, 4.69) is 17.2 Å². The molecule has 0 aliphatic rings. The van der Waals surface area contributed by atoms with Crippen LogP contribution in [0.25, 0.3) is 0 Å². The van der Waals surface area contributed by atoms with Crippen molar-refractivity contribution in [2.24, 2.45) is 0 Å². The van der Waals surface area contributed by atoms with Crippen LogP contribution in [0.4, 0.5) is 5.82 Å². The third-order valence-corrected chi connectivity index (χ3v) is 1.51. The number of rotatable bonds is 3. The first-order valence-electron chi connectivity index (χ1n) is 3.68. The summed E-state index contributed by atoms with van der Waals surface area (Å²) in [5, 5.41) is 3.82. The van der Waals surface area contributed by atoms with Gasteiger partial charge in [0.15, 0.2) is 0 Å². The maximum absolute atomic E-state index is 5.66. The van der Waals surface area contributed by atoms with E-state index in [0.717, 1.165) is 18.8 Å². The SMILES string of the molecule is CCCNc1ccc(Cl)cn1. The van der Waals surface area contributed by atoms with Crippen molar-refractivity contribution in [3.8, 4) is 0 Å². The summed E-state index contributed by atoms with van der Waals surface area (Å²) in [4.78, 5) is 4.07. The van der Waals surface area contributed by atoms with Gasteiger partial charge >= 0.3 is 0 Å². The standard InChI is InChI=1S/C8H11ClN2/c1-2-5-10-8-4-3-7(9)6-11-8/h3-4,6H,2,5H2,1H3,(H,10,11). The number of pyridine rings is 1. The summed E-state index contributed by atoms with van der Waals surface area (Å²) in [5.41, 5.74) is 0. The van der Waals surface area contributed by atoms with E-state index < -0.39 is 0 Å². The third-order valence-electron chi connectivity index (χ3n) is 1.28. The van der Waals surface area contributed by atoms with Gasteiger partial charge in [0.2, 0.25) is 0 Å². The molecule has 2 nitrogen and oxygen atoms in total. The molecule has 0 saturated heterocycles. The van der Waals surface area contributed by atoms with Gasteiger partial charge in [-0.05, 0) is 18.6 Å². The molecule has 0 aliphatic carbocycles. The van der Waals surface area contributed by atoms with Crippen LogP contribution in [-0.4, -0.2) is 11.5 Å². The molecule has 1 rings (SSSR count). The number of aromatic nitrogens is 1. The molecule has 0 aliphatic heterocycles. The van der Waals surface area contributed by atoms with Crippen LogP contribution in [0.2, 0.25) is 5.02 Å². The quantitative estimate of drug-likeness (QED) is 0.754. The Hall–Kier alpha value is -0.760. The Morgan fingerprint density at radius 1 is 1.55 bits per heavy atom. The van der Waals surface area contributed by atoms with E-state index >= 15 is 0 Å². The van der Waals surface area contributed by atoms with E-state index in [-0.39, 0.29) is 0 Å². The van der Waals surface area contributed by atoms with Crippen LogP contribution in [0.3, 0.4) is 0 Å². The monoisotopic (exact) mass is 170 g/mol. The van der Waals surface area contributed by atoms with Crippen LogP contribution in [0.15, 0.2) is 18.3 Å². The van der Waals surface area contributed by atoms with Gasteiger partial charge < -0.3 is 5.32 Å². The van der Waals surface area contributed by atoms with Gasteiger partial charge in [0.1, 0.15) is 5.82 Å². The smallest absolute Gasteiger partial charge is 0.125 e. The second-order valence-electron chi connectivity index (χ2n) is 2.29. The van der Waals surface area contributed by atoms with Crippen molar-refractivity contribution in [2.45, 2.75) is 13.3 Å². The molecule has 0 unspecified atom stereocenters. The Morgan fingerprint density at radius 3 is 2.91 bits per heavy atom. The first-order chi connectivity index (χ1) is 5.33. The van der Waals surface area contributed by atoms with Gasteiger partial charge in [-0.25, -0.2) is 4.98 Å². The minimum absolute atomic E-state index is 0.673. The first-order valence-corrected chi connectivity index (χ1v) is 4.06. The lowest BCUT2D eigenvalue weighted by Crippen LogP contribution is -2.00. The molecule has 1 aromatic rings. The lowest BCUT2D eigenvalue weighted by atomic mass is 10.4. The van der Waals surface area contributed by atoms with Crippen molar-refractivity contribution >= 4 is 17.4 Å². The highest BCUT2D eigenvalue weighted by molar-refractivity contribution is 6.30. The third kappa shape index (κ3) is 2.76. The van der Waals surface area contributed by atoms with E-state index in [4.69, 9.17) is 11.6 Å². The Morgan fingerprint density at radius 2 is 2.36 bits per heavy atom. The van der Waals surface area contributed by atoms with Crippen molar-refractivity contribution < 1.29 is 0 Å². The Labute approximate surface area is 71.6 Å². The molecule has 0 fully saturated rings. The molecular formula is C8H11ClN2. The zero-order valence-electron chi connectivity index (χ0n) is 6.47. The number of halogens is 1. The maximum Gasteiger partial charge on any atom is 0.125 e. The van der Waals surface area contributed by atoms with E-state index in [1.165, 1.54) is 0 Å². The molecular weight excluding hydrogens is 160 g/mol. The van der Waals surface area contributed by atoms with Gasteiger partial charge in [0.25, 0.3) is 0 Å². The summed E-state index contributed by atoms with van der Waals surface area (Å²) in [6.45, 7) is 3.07. The number of hydrogen-bond acceptors (Lipinski definition) is 2. The van der Waals surface area contributed by atoms with E-state index in [1.807, 2.05) is 12.1 Å². The lowest BCUT2D eigenvalue weighted by Gasteiger charge is -2.01. The largest absolute Gasteiger partial charge is 0.370 e. The molecule has 1 heterocycles. The summed E-state index contributed by atoms with van der Waals surface area (Å²) in [6, 6.07) is 3.70. The summed E-state index contributed by atoms with van der Waals surface area (Å²) < 4.78 is 0. The zero-order valence-corrected chi connectivity index (χ0v) is 7.23.